The summed E-state index contributed by atoms with van der Waals surface area (Å²) in [6.07, 6.45) is 0.792. The number of amides is 1. The van der Waals surface area contributed by atoms with E-state index in [-0.39, 0.29) is 17.3 Å². The maximum Gasteiger partial charge on any atom is 0.242 e. The summed E-state index contributed by atoms with van der Waals surface area (Å²) in [5.41, 5.74) is 2.60. The van der Waals surface area contributed by atoms with Gasteiger partial charge in [0.15, 0.2) is 5.65 Å². The van der Waals surface area contributed by atoms with Gasteiger partial charge in [-0.15, -0.1) is 11.6 Å². The Hall–Kier alpha value is -1.56. The summed E-state index contributed by atoms with van der Waals surface area (Å²) in [5, 5.41) is 7.04. The van der Waals surface area contributed by atoms with E-state index in [1.54, 1.807) is 4.68 Å². The number of carbonyl (C=O) groups excluding carboxylic acids is 1. The van der Waals surface area contributed by atoms with Gasteiger partial charge in [0.25, 0.3) is 0 Å². The van der Waals surface area contributed by atoms with E-state index in [0.29, 0.717) is 12.4 Å². The number of nitrogens with zero attached hydrogens (tertiary/aromatic N) is 4. The van der Waals surface area contributed by atoms with Crippen LogP contribution in [0.3, 0.4) is 0 Å². The van der Waals surface area contributed by atoms with Crippen molar-refractivity contribution >= 4 is 28.7 Å². The number of carbonyl (C=O) groups is 1. The van der Waals surface area contributed by atoms with Gasteiger partial charge in [0.05, 0.1) is 11.1 Å². The van der Waals surface area contributed by atoms with Gasteiger partial charge in [-0.3, -0.25) is 14.0 Å². The van der Waals surface area contributed by atoms with Gasteiger partial charge >= 0.3 is 0 Å². The molecule has 2 aromatic heterocycles. The molecule has 2 unspecified atom stereocenters. The molecule has 0 saturated carbocycles. The van der Waals surface area contributed by atoms with Crippen LogP contribution >= 0.6 is 11.6 Å². The topological polar surface area (TPSA) is 64.7 Å². The Morgan fingerprint density at radius 1 is 1.38 bits per heavy atom. The molecule has 0 radical (unpaired) electrons. The number of hydrogen-bond donors (Lipinski definition) is 1. The third-order valence-electron chi connectivity index (χ3n) is 3.57. The molecule has 0 aliphatic rings. The van der Waals surface area contributed by atoms with E-state index in [1.165, 1.54) is 0 Å². The Labute approximate surface area is 129 Å². The van der Waals surface area contributed by atoms with Crippen molar-refractivity contribution in [1.82, 2.24) is 24.6 Å². The van der Waals surface area contributed by atoms with Crippen LogP contribution in [0.5, 0.6) is 0 Å². The molecule has 2 heterocycles. The van der Waals surface area contributed by atoms with Gasteiger partial charge < -0.3 is 5.32 Å². The minimum Gasteiger partial charge on any atom is -0.355 e. The highest BCUT2D eigenvalue weighted by atomic mass is 35.5. The first-order chi connectivity index (χ1) is 9.92. The highest BCUT2D eigenvalue weighted by Gasteiger charge is 2.27. The zero-order valence-electron chi connectivity index (χ0n) is 13.1. The molecule has 0 saturated heterocycles. The van der Waals surface area contributed by atoms with Crippen LogP contribution in [-0.2, 0) is 18.3 Å². The first kappa shape index (κ1) is 15.8. The lowest BCUT2D eigenvalue weighted by molar-refractivity contribution is -0.123. The fourth-order valence-corrected chi connectivity index (χ4v) is 2.71. The van der Waals surface area contributed by atoms with Crippen molar-refractivity contribution in [3.8, 4) is 0 Å². The van der Waals surface area contributed by atoms with Crippen LogP contribution < -0.4 is 5.32 Å². The van der Waals surface area contributed by atoms with Crippen molar-refractivity contribution in [2.45, 2.75) is 45.5 Å². The van der Waals surface area contributed by atoms with Gasteiger partial charge in [-0.2, -0.15) is 5.10 Å². The minimum atomic E-state index is -0.383. The van der Waals surface area contributed by atoms with E-state index in [4.69, 9.17) is 11.6 Å². The smallest absolute Gasteiger partial charge is 0.242 e. The number of imidazole rings is 1. The number of rotatable bonds is 5. The van der Waals surface area contributed by atoms with Crippen LogP contribution in [-0.4, -0.2) is 31.8 Å². The van der Waals surface area contributed by atoms with Crippen LogP contribution in [0.25, 0.3) is 11.2 Å². The molecule has 1 amide bonds. The SMILES string of the molecule is CCNC(=O)C(C)n1c(C(C)Cl)nc2c(CC)nn(C)c21. The highest BCUT2D eigenvalue weighted by Crippen LogP contribution is 2.29. The molecule has 21 heavy (non-hydrogen) atoms. The number of aromatic nitrogens is 4. The predicted molar refractivity (Wildman–Crippen MR) is 83.5 cm³/mol. The third kappa shape index (κ3) is 2.64. The van der Waals surface area contributed by atoms with Crippen molar-refractivity contribution in [1.29, 1.82) is 0 Å². The van der Waals surface area contributed by atoms with Crippen molar-refractivity contribution in [2.24, 2.45) is 7.05 Å². The van der Waals surface area contributed by atoms with Gasteiger partial charge in [0.1, 0.15) is 17.4 Å². The van der Waals surface area contributed by atoms with Gasteiger partial charge in [0, 0.05) is 13.6 Å². The molecule has 0 spiro atoms. The number of halogens is 1. The molecule has 0 bridgehead atoms. The Bertz CT molecular complexity index is 658. The van der Waals surface area contributed by atoms with E-state index in [1.807, 2.05) is 39.3 Å². The molecule has 1 N–H and O–H groups in total. The summed E-state index contributed by atoms with van der Waals surface area (Å²) in [5.74, 6) is 0.655. The van der Waals surface area contributed by atoms with Gasteiger partial charge in [-0.05, 0) is 27.2 Å². The fourth-order valence-electron chi connectivity index (χ4n) is 2.56. The number of hydrogen-bond acceptors (Lipinski definition) is 3. The Kier molecular flexibility index (Phi) is 4.56. The molecule has 0 aliphatic heterocycles. The summed E-state index contributed by atoms with van der Waals surface area (Å²) >= 11 is 6.27. The summed E-state index contributed by atoms with van der Waals surface area (Å²) in [7, 11) is 1.87. The number of aryl methyl sites for hydroxylation is 2. The van der Waals surface area contributed by atoms with E-state index in [0.717, 1.165) is 23.3 Å². The largest absolute Gasteiger partial charge is 0.355 e. The van der Waals surface area contributed by atoms with Crippen molar-refractivity contribution < 1.29 is 4.79 Å². The lowest BCUT2D eigenvalue weighted by atomic mass is 10.2. The average molecular weight is 312 g/mol. The first-order valence-corrected chi connectivity index (χ1v) is 7.71. The highest BCUT2D eigenvalue weighted by molar-refractivity contribution is 6.20. The summed E-state index contributed by atoms with van der Waals surface area (Å²) in [6, 6.07) is -0.383. The maximum atomic E-state index is 12.2. The Morgan fingerprint density at radius 3 is 2.57 bits per heavy atom. The van der Waals surface area contributed by atoms with Crippen molar-refractivity contribution in [2.75, 3.05) is 6.54 Å². The molecule has 2 rings (SSSR count). The molecule has 2 aromatic rings. The minimum absolute atomic E-state index is 0.0467. The predicted octanol–water partition coefficient (Wildman–Crippen LogP) is 2.33. The van der Waals surface area contributed by atoms with Crippen LogP contribution in [0.2, 0.25) is 0 Å². The normalized spacial score (nSPS) is 14.4. The monoisotopic (exact) mass is 311 g/mol. The summed E-state index contributed by atoms with van der Waals surface area (Å²) < 4.78 is 3.67. The Morgan fingerprint density at radius 2 is 2.05 bits per heavy atom. The van der Waals surface area contributed by atoms with E-state index < -0.39 is 0 Å². The molecule has 6 nitrogen and oxygen atoms in total. The molecule has 0 aliphatic carbocycles. The summed E-state index contributed by atoms with van der Waals surface area (Å²) in [6.45, 7) is 8.25. The number of nitrogens with one attached hydrogen (secondary N) is 1. The molecule has 116 valence electrons. The molecular weight excluding hydrogens is 290 g/mol. The zero-order valence-corrected chi connectivity index (χ0v) is 13.9. The van der Waals surface area contributed by atoms with Crippen LogP contribution in [0.1, 0.15) is 50.6 Å². The second kappa shape index (κ2) is 6.05. The second-order valence-electron chi connectivity index (χ2n) is 5.12. The zero-order chi connectivity index (χ0) is 15.7. The number of likely N-dealkylation sites (N-methyl/N-ethyl adjacent to an activating group) is 1. The molecule has 2 atom stereocenters. The molecule has 0 aromatic carbocycles. The Balaban J connectivity index is 2.66. The van der Waals surface area contributed by atoms with Crippen LogP contribution in [0, 0.1) is 0 Å². The van der Waals surface area contributed by atoms with E-state index >= 15 is 0 Å². The quantitative estimate of drug-likeness (QED) is 0.862. The standard InChI is InChI=1S/C14H22ClN5O/c1-6-10-11-14(19(5)18-10)20(12(17-11)8(3)15)9(4)13(21)16-7-2/h8-9H,6-7H2,1-5H3,(H,16,21). The van der Waals surface area contributed by atoms with Gasteiger partial charge in [-0.1, -0.05) is 6.92 Å². The lowest BCUT2D eigenvalue weighted by Gasteiger charge is -2.18. The van der Waals surface area contributed by atoms with Gasteiger partial charge in [-0.25, -0.2) is 4.98 Å². The lowest BCUT2D eigenvalue weighted by Crippen LogP contribution is -2.32. The fraction of sp³-hybridized carbons (Fsp3) is 0.643. The van der Waals surface area contributed by atoms with Gasteiger partial charge in [0.2, 0.25) is 5.91 Å². The van der Waals surface area contributed by atoms with E-state index in [9.17, 15) is 4.79 Å². The molecule has 0 fully saturated rings. The third-order valence-corrected chi connectivity index (χ3v) is 3.77. The van der Waals surface area contributed by atoms with Crippen LogP contribution in [0.4, 0.5) is 0 Å². The number of alkyl halides is 1. The second-order valence-corrected chi connectivity index (χ2v) is 5.78. The first-order valence-electron chi connectivity index (χ1n) is 7.27. The number of fused-ring (bicyclic) bond motifs is 1. The molecule has 7 heteroatoms. The van der Waals surface area contributed by atoms with E-state index in [2.05, 4.69) is 15.4 Å². The maximum absolute atomic E-state index is 12.2. The van der Waals surface area contributed by atoms with Crippen molar-refractivity contribution in [3.63, 3.8) is 0 Å². The van der Waals surface area contributed by atoms with Crippen molar-refractivity contribution in [3.05, 3.63) is 11.5 Å². The average Bonchev–Trinajstić information content (AvgIpc) is 2.96. The van der Waals surface area contributed by atoms with Crippen LogP contribution in [0.15, 0.2) is 0 Å². The summed E-state index contributed by atoms with van der Waals surface area (Å²) in [4.78, 5) is 16.9. The molecular formula is C14H22ClN5O.